The maximum Gasteiger partial charge on any atom is 0.280 e. The summed E-state index contributed by atoms with van der Waals surface area (Å²) in [5, 5.41) is 4.18. The molecule has 1 fully saturated rings. The highest BCUT2D eigenvalue weighted by Crippen LogP contribution is 2.37. The summed E-state index contributed by atoms with van der Waals surface area (Å²) in [5.74, 6) is 0.535. The predicted octanol–water partition coefficient (Wildman–Crippen LogP) is 1.09. The molecule has 1 atom stereocenters. The number of aromatic nitrogens is 3. The van der Waals surface area contributed by atoms with Crippen molar-refractivity contribution in [3.8, 4) is 0 Å². The molecule has 0 saturated heterocycles. The molecule has 1 saturated carbocycles. The molecule has 4 rings (SSSR count). The lowest BCUT2D eigenvalue weighted by Gasteiger charge is -2.23. The number of rotatable bonds is 2. The topological polar surface area (TPSA) is 70.5 Å². The van der Waals surface area contributed by atoms with Crippen molar-refractivity contribution in [3.05, 3.63) is 33.4 Å². The number of carbonyl (C=O) groups excluding carboxylic acids is 1. The van der Waals surface area contributed by atoms with Crippen molar-refractivity contribution in [2.75, 3.05) is 0 Å². The molecule has 2 aromatic heterocycles. The smallest absolute Gasteiger partial charge is 0.280 e. The molecule has 0 spiro atoms. The standard InChI is InChI=1S/C14H16N4O2/c1-7-5-11-15-12-10(13(19)18(11)16-7)6-17(14(12)20)8(2)9-3-4-9/h5,8-9,15H,3-4,6H2,1-2H3/t8-/m1/s1. The summed E-state index contributed by atoms with van der Waals surface area (Å²) in [7, 11) is 0. The molecule has 2 aromatic rings. The second-order valence-electron chi connectivity index (χ2n) is 5.88. The minimum atomic E-state index is -0.180. The Morgan fingerprint density at radius 2 is 2.15 bits per heavy atom. The second kappa shape index (κ2) is 3.71. The van der Waals surface area contributed by atoms with Crippen LogP contribution in [0.15, 0.2) is 10.9 Å². The Morgan fingerprint density at radius 3 is 2.85 bits per heavy atom. The Bertz CT molecular complexity index is 784. The first kappa shape index (κ1) is 11.7. The molecule has 20 heavy (non-hydrogen) atoms. The van der Waals surface area contributed by atoms with Crippen LogP contribution in [-0.4, -0.2) is 31.4 Å². The summed E-state index contributed by atoms with van der Waals surface area (Å²) in [6, 6.07) is 1.99. The van der Waals surface area contributed by atoms with Gasteiger partial charge in [-0.15, -0.1) is 0 Å². The first-order valence-electron chi connectivity index (χ1n) is 6.99. The van der Waals surface area contributed by atoms with Crippen LogP contribution in [0.5, 0.6) is 0 Å². The van der Waals surface area contributed by atoms with Crippen LogP contribution in [0.2, 0.25) is 0 Å². The van der Waals surface area contributed by atoms with Gasteiger partial charge in [-0.1, -0.05) is 0 Å². The zero-order valence-corrected chi connectivity index (χ0v) is 11.5. The molecule has 1 amide bonds. The van der Waals surface area contributed by atoms with E-state index < -0.39 is 0 Å². The fourth-order valence-corrected chi connectivity index (χ4v) is 3.06. The van der Waals surface area contributed by atoms with E-state index in [1.54, 1.807) is 6.07 Å². The zero-order valence-electron chi connectivity index (χ0n) is 11.5. The van der Waals surface area contributed by atoms with Gasteiger partial charge in [-0.05, 0) is 32.6 Å². The van der Waals surface area contributed by atoms with E-state index in [9.17, 15) is 9.59 Å². The van der Waals surface area contributed by atoms with Gasteiger partial charge in [-0.2, -0.15) is 9.61 Å². The van der Waals surface area contributed by atoms with E-state index in [2.05, 4.69) is 17.0 Å². The number of hydrogen-bond acceptors (Lipinski definition) is 3. The van der Waals surface area contributed by atoms with Crippen LogP contribution in [-0.2, 0) is 6.54 Å². The van der Waals surface area contributed by atoms with Crippen LogP contribution >= 0.6 is 0 Å². The Balaban J connectivity index is 1.84. The monoisotopic (exact) mass is 272 g/mol. The van der Waals surface area contributed by atoms with Gasteiger partial charge in [0.15, 0.2) is 0 Å². The van der Waals surface area contributed by atoms with Crippen molar-refractivity contribution in [1.82, 2.24) is 19.5 Å². The summed E-state index contributed by atoms with van der Waals surface area (Å²) in [4.78, 5) is 29.8. The number of amides is 1. The van der Waals surface area contributed by atoms with Gasteiger partial charge in [-0.25, -0.2) is 0 Å². The molecule has 6 heteroatoms. The van der Waals surface area contributed by atoms with E-state index in [0.29, 0.717) is 29.4 Å². The van der Waals surface area contributed by atoms with Crippen molar-refractivity contribution in [2.24, 2.45) is 5.92 Å². The normalized spacial score (nSPS) is 19.7. The highest BCUT2D eigenvalue weighted by atomic mass is 16.2. The highest BCUT2D eigenvalue weighted by Gasteiger charge is 2.40. The van der Waals surface area contributed by atoms with Crippen LogP contribution in [0.25, 0.3) is 5.65 Å². The lowest BCUT2D eigenvalue weighted by atomic mass is 10.2. The molecule has 1 N–H and O–H groups in total. The van der Waals surface area contributed by atoms with Crippen LogP contribution < -0.4 is 5.56 Å². The largest absolute Gasteiger partial charge is 0.335 e. The third-order valence-electron chi connectivity index (χ3n) is 4.44. The number of hydrogen-bond donors (Lipinski definition) is 1. The van der Waals surface area contributed by atoms with Gasteiger partial charge in [0.05, 0.1) is 17.8 Å². The summed E-state index contributed by atoms with van der Waals surface area (Å²) >= 11 is 0. The number of nitrogens with zero attached hydrogens (tertiary/aromatic N) is 3. The van der Waals surface area contributed by atoms with Gasteiger partial charge in [0.25, 0.3) is 11.5 Å². The van der Waals surface area contributed by atoms with Crippen molar-refractivity contribution in [3.63, 3.8) is 0 Å². The number of aromatic amines is 1. The minimum Gasteiger partial charge on any atom is -0.335 e. The van der Waals surface area contributed by atoms with Gasteiger partial charge >= 0.3 is 0 Å². The maximum atomic E-state index is 12.5. The lowest BCUT2D eigenvalue weighted by molar-refractivity contribution is 0.0693. The van der Waals surface area contributed by atoms with E-state index in [-0.39, 0.29) is 17.5 Å². The fourth-order valence-electron chi connectivity index (χ4n) is 3.06. The molecule has 2 aliphatic rings. The van der Waals surface area contributed by atoms with E-state index >= 15 is 0 Å². The quantitative estimate of drug-likeness (QED) is 0.889. The molecule has 0 bridgehead atoms. The number of H-pyrrole nitrogens is 1. The highest BCUT2D eigenvalue weighted by molar-refractivity contribution is 5.97. The van der Waals surface area contributed by atoms with Gasteiger partial charge in [0, 0.05) is 12.1 Å². The molecule has 0 unspecified atom stereocenters. The van der Waals surface area contributed by atoms with Crippen LogP contribution in [0, 0.1) is 12.8 Å². The summed E-state index contributed by atoms with van der Waals surface area (Å²) in [6.45, 7) is 4.30. The first-order chi connectivity index (χ1) is 9.56. The molecule has 6 nitrogen and oxygen atoms in total. The van der Waals surface area contributed by atoms with Crippen LogP contribution in [0.4, 0.5) is 0 Å². The van der Waals surface area contributed by atoms with Gasteiger partial charge in [0.1, 0.15) is 11.3 Å². The number of fused-ring (bicyclic) bond motifs is 2. The van der Waals surface area contributed by atoms with Crippen molar-refractivity contribution in [1.29, 1.82) is 0 Å². The SMILES string of the molecule is Cc1cc2[nH]c3c(c(=O)n2n1)CN([C@H](C)C1CC1)C3=O. The Kier molecular flexibility index (Phi) is 2.17. The fraction of sp³-hybridized carbons (Fsp3) is 0.500. The molecule has 3 heterocycles. The summed E-state index contributed by atoms with van der Waals surface area (Å²) in [6.07, 6.45) is 2.36. The summed E-state index contributed by atoms with van der Waals surface area (Å²) in [5.41, 5.74) is 2.15. The van der Waals surface area contributed by atoms with E-state index in [1.807, 2.05) is 11.8 Å². The Morgan fingerprint density at radius 1 is 1.40 bits per heavy atom. The van der Waals surface area contributed by atoms with Gasteiger partial charge in [-0.3, -0.25) is 9.59 Å². The average Bonchev–Trinajstić information content (AvgIpc) is 3.12. The number of carbonyl (C=O) groups is 1. The molecule has 1 aliphatic heterocycles. The number of nitrogens with one attached hydrogen (secondary N) is 1. The first-order valence-corrected chi connectivity index (χ1v) is 6.99. The molecular formula is C14H16N4O2. The number of aryl methyl sites for hydroxylation is 1. The van der Waals surface area contributed by atoms with Gasteiger partial charge in [0.2, 0.25) is 0 Å². The molecular weight excluding hydrogens is 256 g/mol. The Hall–Kier alpha value is -2.11. The lowest BCUT2D eigenvalue weighted by Crippen LogP contribution is -2.35. The van der Waals surface area contributed by atoms with Crippen molar-refractivity contribution < 1.29 is 4.79 Å². The van der Waals surface area contributed by atoms with E-state index in [4.69, 9.17) is 0 Å². The summed E-state index contributed by atoms with van der Waals surface area (Å²) < 4.78 is 1.35. The van der Waals surface area contributed by atoms with E-state index in [0.717, 1.165) is 5.69 Å². The third kappa shape index (κ3) is 1.47. The van der Waals surface area contributed by atoms with Gasteiger partial charge < -0.3 is 9.88 Å². The Labute approximate surface area is 115 Å². The average molecular weight is 272 g/mol. The van der Waals surface area contributed by atoms with Crippen LogP contribution in [0.1, 0.15) is 41.5 Å². The zero-order chi connectivity index (χ0) is 14.0. The molecule has 1 aliphatic carbocycles. The maximum absolute atomic E-state index is 12.5. The molecule has 0 radical (unpaired) electrons. The van der Waals surface area contributed by atoms with Crippen LogP contribution in [0.3, 0.4) is 0 Å². The van der Waals surface area contributed by atoms with E-state index in [1.165, 1.54) is 17.4 Å². The van der Waals surface area contributed by atoms with Crippen molar-refractivity contribution >= 4 is 11.6 Å². The predicted molar refractivity (Wildman–Crippen MR) is 72.6 cm³/mol. The molecule has 0 aromatic carbocycles. The molecule has 104 valence electrons. The minimum absolute atomic E-state index is 0.0575. The van der Waals surface area contributed by atoms with Crippen molar-refractivity contribution in [2.45, 2.75) is 39.3 Å². The third-order valence-corrected chi connectivity index (χ3v) is 4.44. The second-order valence-corrected chi connectivity index (χ2v) is 5.88.